The zero-order valence-corrected chi connectivity index (χ0v) is 18.4. The summed E-state index contributed by atoms with van der Waals surface area (Å²) >= 11 is 0. The molecule has 164 valence electrons. The highest BCUT2D eigenvalue weighted by atomic mass is 32.2. The molecule has 1 aromatic rings. The normalized spacial score (nSPS) is 29.3. The number of aryl methyl sites for hydroxylation is 1. The molecule has 1 aromatic carbocycles. The van der Waals surface area contributed by atoms with Crippen LogP contribution in [-0.4, -0.2) is 73.3 Å². The molecular weight excluding hydrogens is 402 g/mol. The maximum Gasteiger partial charge on any atom is 0.225 e. The molecule has 0 saturated carbocycles. The van der Waals surface area contributed by atoms with E-state index < -0.39 is 15.8 Å². The van der Waals surface area contributed by atoms with E-state index in [1.807, 2.05) is 31.2 Å². The number of nitrogens with zero attached hydrogens (tertiary/aromatic N) is 2. The van der Waals surface area contributed by atoms with Crippen molar-refractivity contribution in [2.45, 2.75) is 51.2 Å². The van der Waals surface area contributed by atoms with Crippen LogP contribution in [0.1, 0.15) is 36.8 Å². The minimum Gasteiger partial charge on any atom is -0.350 e. The lowest BCUT2D eigenvalue weighted by Gasteiger charge is -2.35. The first-order valence-corrected chi connectivity index (χ1v) is 12.7. The number of piperidine rings is 1. The molecular formula is C22H31N3O4S. The van der Waals surface area contributed by atoms with E-state index in [-0.39, 0.29) is 41.8 Å². The van der Waals surface area contributed by atoms with Gasteiger partial charge in [0.2, 0.25) is 11.8 Å². The molecule has 0 bridgehead atoms. The quantitative estimate of drug-likeness (QED) is 0.752. The second kappa shape index (κ2) is 8.67. The Kier molecular flexibility index (Phi) is 6.16. The van der Waals surface area contributed by atoms with Crippen LogP contribution in [0.5, 0.6) is 0 Å². The molecule has 3 saturated heterocycles. The minimum absolute atomic E-state index is 0.00630. The van der Waals surface area contributed by atoms with Crippen molar-refractivity contribution < 1.29 is 18.0 Å². The van der Waals surface area contributed by atoms with E-state index in [0.29, 0.717) is 13.1 Å². The topological polar surface area (TPSA) is 86.8 Å². The van der Waals surface area contributed by atoms with Gasteiger partial charge in [-0.1, -0.05) is 36.2 Å². The zero-order valence-electron chi connectivity index (χ0n) is 17.5. The fourth-order valence-corrected chi connectivity index (χ4v) is 6.84. The number of carbonyl (C=O) groups is 2. The van der Waals surface area contributed by atoms with Crippen molar-refractivity contribution in [2.75, 3.05) is 31.1 Å². The largest absolute Gasteiger partial charge is 0.350 e. The zero-order chi connectivity index (χ0) is 21.3. The summed E-state index contributed by atoms with van der Waals surface area (Å²) in [5.41, 5.74) is 2.21. The number of carbonyl (C=O) groups excluding carboxylic acids is 2. The van der Waals surface area contributed by atoms with Crippen molar-refractivity contribution in [1.29, 1.82) is 0 Å². The first-order chi connectivity index (χ1) is 14.3. The fraction of sp³-hybridized carbons (Fsp3) is 0.636. The lowest BCUT2D eigenvalue weighted by molar-refractivity contribution is -0.129. The molecule has 3 fully saturated rings. The lowest BCUT2D eigenvalue weighted by Crippen LogP contribution is -2.53. The molecule has 3 aliphatic heterocycles. The number of hydrogen-bond donors (Lipinski definition) is 1. The van der Waals surface area contributed by atoms with Crippen molar-refractivity contribution >= 4 is 21.7 Å². The van der Waals surface area contributed by atoms with Crippen molar-refractivity contribution in [3.8, 4) is 0 Å². The van der Waals surface area contributed by atoms with Crippen LogP contribution < -0.4 is 5.32 Å². The monoisotopic (exact) mass is 433 g/mol. The van der Waals surface area contributed by atoms with Gasteiger partial charge in [-0.15, -0.1) is 0 Å². The number of benzene rings is 1. The summed E-state index contributed by atoms with van der Waals surface area (Å²) in [6.07, 6.45) is 3.50. The van der Waals surface area contributed by atoms with Crippen LogP contribution in [0.4, 0.5) is 0 Å². The molecule has 3 aliphatic rings. The van der Waals surface area contributed by atoms with Gasteiger partial charge < -0.3 is 10.2 Å². The smallest absolute Gasteiger partial charge is 0.225 e. The molecule has 0 radical (unpaired) electrons. The van der Waals surface area contributed by atoms with Crippen LogP contribution in [0.15, 0.2) is 24.3 Å². The van der Waals surface area contributed by atoms with E-state index in [4.69, 9.17) is 0 Å². The van der Waals surface area contributed by atoms with Crippen LogP contribution in [0.2, 0.25) is 0 Å². The molecule has 1 N–H and O–H groups in total. The Hall–Kier alpha value is -1.93. The molecule has 2 amide bonds. The predicted molar refractivity (Wildman–Crippen MR) is 114 cm³/mol. The average molecular weight is 434 g/mol. The summed E-state index contributed by atoms with van der Waals surface area (Å²) < 4.78 is 24.6. The molecule has 3 atom stereocenters. The predicted octanol–water partition coefficient (Wildman–Crippen LogP) is 1.11. The highest BCUT2D eigenvalue weighted by Crippen LogP contribution is 2.25. The Balaban J connectivity index is 1.38. The summed E-state index contributed by atoms with van der Waals surface area (Å²) in [7, 11) is -3.16. The summed E-state index contributed by atoms with van der Waals surface area (Å²) in [4.78, 5) is 29.3. The maximum atomic E-state index is 12.9. The molecule has 7 nitrogen and oxygen atoms in total. The van der Waals surface area contributed by atoms with Gasteiger partial charge in [-0.25, -0.2) is 8.42 Å². The Morgan fingerprint density at radius 1 is 1.10 bits per heavy atom. The fourth-order valence-electron chi connectivity index (χ4n) is 4.89. The van der Waals surface area contributed by atoms with Crippen LogP contribution in [0.25, 0.3) is 0 Å². The second-order valence-electron chi connectivity index (χ2n) is 9.02. The minimum atomic E-state index is -3.16. The van der Waals surface area contributed by atoms with Gasteiger partial charge in [0.25, 0.3) is 0 Å². The van der Waals surface area contributed by atoms with E-state index in [1.54, 1.807) is 4.90 Å². The Morgan fingerprint density at radius 3 is 2.50 bits per heavy atom. The first-order valence-electron chi connectivity index (χ1n) is 10.9. The third kappa shape index (κ3) is 4.86. The summed E-state index contributed by atoms with van der Waals surface area (Å²) in [5.74, 6) is -0.538. The third-order valence-corrected chi connectivity index (χ3v) is 8.31. The number of nitrogens with one attached hydrogen (secondary N) is 1. The van der Waals surface area contributed by atoms with Gasteiger partial charge in [0.05, 0.1) is 23.5 Å². The first kappa shape index (κ1) is 21.3. The van der Waals surface area contributed by atoms with Gasteiger partial charge in [-0.05, 0) is 38.4 Å². The lowest BCUT2D eigenvalue weighted by atomic mass is 10.0. The molecule has 8 heteroatoms. The van der Waals surface area contributed by atoms with Crippen molar-refractivity contribution in [1.82, 2.24) is 15.1 Å². The number of amides is 2. The van der Waals surface area contributed by atoms with E-state index in [0.717, 1.165) is 31.5 Å². The van der Waals surface area contributed by atoms with Gasteiger partial charge in [0.1, 0.15) is 0 Å². The molecule has 0 aliphatic carbocycles. The Bertz CT molecular complexity index is 893. The van der Waals surface area contributed by atoms with Gasteiger partial charge in [0, 0.05) is 25.6 Å². The second-order valence-corrected chi connectivity index (χ2v) is 11.2. The molecule has 3 unspecified atom stereocenters. The van der Waals surface area contributed by atoms with E-state index in [2.05, 4.69) is 10.2 Å². The molecule has 30 heavy (non-hydrogen) atoms. The SMILES string of the molecule is Cc1ccc(CN2CC(C(=O)NC3CS(=O)(=O)CC3N3CCCCC3)CC2=O)cc1. The average Bonchev–Trinajstić information content (AvgIpc) is 3.23. The van der Waals surface area contributed by atoms with Gasteiger partial charge in [-0.3, -0.25) is 14.5 Å². The van der Waals surface area contributed by atoms with Crippen molar-refractivity contribution in [3.63, 3.8) is 0 Å². The van der Waals surface area contributed by atoms with Crippen LogP contribution in [-0.2, 0) is 26.0 Å². The van der Waals surface area contributed by atoms with E-state index >= 15 is 0 Å². The number of hydrogen-bond acceptors (Lipinski definition) is 5. The standard InChI is InChI=1S/C22H31N3O4S/c1-16-5-7-17(8-6-16)12-25-13-18(11-21(25)26)22(27)23-19-14-30(28,29)15-20(19)24-9-3-2-4-10-24/h5-8,18-20H,2-4,9-15H2,1H3,(H,23,27). The highest BCUT2D eigenvalue weighted by Gasteiger charge is 2.43. The number of likely N-dealkylation sites (tertiary alicyclic amines) is 2. The molecule has 0 spiro atoms. The third-order valence-electron chi connectivity index (χ3n) is 6.59. The Labute approximate surface area is 178 Å². The number of sulfone groups is 1. The van der Waals surface area contributed by atoms with Gasteiger partial charge in [-0.2, -0.15) is 0 Å². The van der Waals surface area contributed by atoms with Crippen molar-refractivity contribution in [2.24, 2.45) is 5.92 Å². The molecule has 3 heterocycles. The molecule has 0 aromatic heterocycles. The van der Waals surface area contributed by atoms with Crippen LogP contribution in [0, 0.1) is 12.8 Å². The summed E-state index contributed by atoms with van der Waals surface area (Å²) in [6, 6.07) is 7.50. The number of rotatable bonds is 5. The maximum absolute atomic E-state index is 12.9. The van der Waals surface area contributed by atoms with Gasteiger partial charge in [0.15, 0.2) is 9.84 Å². The van der Waals surface area contributed by atoms with Crippen molar-refractivity contribution in [3.05, 3.63) is 35.4 Å². The Morgan fingerprint density at radius 2 is 1.80 bits per heavy atom. The summed E-state index contributed by atoms with van der Waals surface area (Å²) in [6.45, 7) is 4.67. The van der Waals surface area contributed by atoms with Crippen LogP contribution >= 0.6 is 0 Å². The van der Waals surface area contributed by atoms with E-state index in [9.17, 15) is 18.0 Å². The van der Waals surface area contributed by atoms with Crippen LogP contribution in [0.3, 0.4) is 0 Å². The highest BCUT2D eigenvalue weighted by molar-refractivity contribution is 7.91. The summed E-state index contributed by atoms with van der Waals surface area (Å²) in [5, 5.41) is 3.00. The molecule has 4 rings (SSSR count). The van der Waals surface area contributed by atoms with E-state index in [1.165, 1.54) is 12.0 Å². The van der Waals surface area contributed by atoms with Gasteiger partial charge >= 0.3 is 0 Å².